The van der Waals surface area contributed by atoms with Gasteiger partial charge in [0.1, 0.15) is 11.9 Å². The van der Waals surface area contributed by atoms with Gasteiger partial charge in [0.05, 0.1) is 12.1 Å². The predicted octanol–water partition coefficient (Wildman–Crippen LogP) is 3.65. The molecule has 0 bridgehead atoms. The van der Waals surface area contributed by atoms with E-state index in [0.29, 0.717) is 18.6 Å². The molecule has 1 aromatic carbocycles. The van der Waals surface area contributed by atoms with Crippen molar-refractivity contribution in [3.05, 3.63) is 29.3 Å². The second-order valence-corrected chi connectivity index (χ2v) is 5.61. The van der Waals surface area contributed by atoms with Crippen LogP contribution in [0.25, 0.3) is 0 Å². The van der Waals surface area contributed by atoms with Crippen LogP contribution in [-0.4, -0.2) is 12.6 Å². The lowest BCUT2D eigenvalue weighted by Crippen LogP contribution is -2.30. The third-order valence-electron chi connectivity index (χ3n) is 4.10. The second-order valence-electron chi connectivity index (χ2n) is 5.61. The Labute approximate surface area is 122 Å². The average molecular weight is 271 g/mol. The minimum atomic E-state index is 0.342. The lowest BCUT2D eigenvalue weighted by atomic mass is 9.84. The number of hydrogen-bond acceptors (Lipinski definition) is 2. The van der Waals surface area contributed by atoms with Crippen LogP contribution < -0.4 is 10.5 Å². The highest BCUT2D eigenvalue weighted by Crippen LogP contribution is 2.31. The first-order valence-electron chi connectivity index (χ1n) is 7.70. The first kappa shape index (κ1) is 14.9. The second kappa shape index (κ2) is 7.36. The Balaban J connectivity index is 2.19. The molecule has 1 aromatic rings. The van der Waals surface area contributed by atoms with Gasteiger partial charge in [-0.25, -0.2) is 0 Å². The number of aryl methyl sites for hydroxylation is 1. The molecular weight excluding hydrogens is 246 g/mol. The number of ether oxygens (including phenoxy) is 1. The van der Waals surface area contributed by atoms with E-state index in [1.807, 2.05) is 0 Å². The number of nitrogens with two attached hydrogens (primary N) is 1. The molecule has 1 fully saturated rings. The Morgan fingerprint density at radius 2 is 2.10 bits per heavy atom. The third kappa shape index (κ3) is 3.77. The maximum Gasteiger partial charge on any atom is 0.135 e. The topological polar surface area (TPSA) is 35.2 Å². The van der Waals surface area contributed by atoms with E-state index >= 15 is 0 Å². The normalized spacial score (nSPS) is 21.9. The van der Waals surface area contributed by atoms with Gasteiger partial charge in [0.15, 0.2) is 0 Å². The molecule has 0 saturated heterocycles. The first-order chi connectivity index (χ1) is 9.74. The fourth-order valence-electron chi connectivity index (χ4n) is 2.95. The van der Waals surface area contributed by atoms with E-state index in [-0.39, 0.29) is 0 Å². The fraction of sp³-hybridized carbons (Fsp3) is 0.556. The van der Waals surface area contributed by atoms with Crippen LogP contribution in [0, 0.1) is 24.7 Å². The molecule has 2 unspecified atom stereocenters. The predicted molar refractivity (Wildman–Crippen MR) is 83.8 cm³/mol. The summed E-state index contributed by atoms with van der Waals surface area (Å²) in [4.78, 5) is 0. The van der Waals surface area contributed by atoms with Gasteiger partial charge in [-0.3, -0.25) is 0 Å². The molecule has 2 rings (SSSR count). The van der Waals surface area contributed by atoms with E-state index in [9.17, 15) is 0 Å². The smallest absolute Gasteiger partial charge is 0.135 e. The van der Waals surface area contributed by atoms with Crippen LogP contribution in [0.15, 0.2) is 18.2 Å². The maximum atomic E-state index is 6.30. The molecule has 0 heterocycles. The summed E-state index contributed by atoms with van der Waals surface area (Å²) in [6.07, 6.45) is 6.60. The molecule has 20 heavy (non-hydrogen) atoms. The Morgan fingerprint density at radius 3 is 2.85 bits per heavy atom. The lowest BCUT2D eigenvalue weighted by Gasteiger charge is -2.31. The van der Waals surface area contributed by atoms with E-state index in [4.69, 9.17) is 10.5 Å². The standard InChI is InChI=1S/C18H25NO/c1-3-15-7-4-5-9-17(15)20-18-11-10-14(2)13-16(18)8-6-12-19/h10-11,13,15,17H,3-5,7,9,12,19H2,1-2H3. The number of benzene rings is 1. The quantitative estimate of drug-likeness (QED) is 0.852. The van der Waals surface area contributed by atoms with Crippen LogP contribution in [-0.2, 0) is 0 Å². The first-order valence-corrected chi connectivity index (χ1v) is 7.70. The minimum absolute atomic E-state index is 0.342. The van der Waals surface area contributed by atoms with Crippen LogP contribution >= 0.6 is 0 Å². The van der Waals surface area contributed by atoms with Gasteiger partial charge >= 0.3 is 0 Å². The molecule has 2 atom stereocenters. The van der Waals surface area contributed by atoms with Crippen molar-refractivity contribution in [1.29, 1.82) is 0 Å². The van der Waals surface area contributed by atoms with Crippen molar-refractivity contribution in [2.24, 2.45) is 11.7 Å². The minimum Gasteiger partial charge on any atom is -0.489 e. The molecule has 108 valence electrons. The molecule has 1 aliphatic carbocycles. The van der Waals surface area contributed by atoms with E-state index in [1.165, 1.54) is 31.2 Å². The maximum absolute atomic E-state index is 6.30. The molecule has 2 nitrogen and oxygen atoms in total. The van der Waals surface area contributed by atoms with Gasteiger partial charge in [-0.15, -0.1) is 0 Å². The van der Waals surface area contributed by atoms with Gasteiger partial charge in [-0.1, -0.05) is 31.3 Å². The van der Waals surface area contributed by atoms with Crippen LogP contribution in [0.3, 0.4) is 0 Å². The van der Waals surface area contributed by atoms with Crippen molar-refractivity contribution in [3.8, 4) is 17.6 Å². The van der Waals surface area contributed by atoms with E-state index in [1.54, 1.807) is 0 Å². The summed E-state index contributed by atoms with van der Waals surface area (Å²) in [5.41, 5.74) is 7.65. The fourth-order valence-corrected chi connectivity index (χ4v) is 2.95. The Bertz CT molecular complexity index is 498. The SMILES string of the molecule is CCC1CCCCC1Oc1ccc(C)cc1C#CCN. The monoisotopic (exact) mass is 271 g/mol. The Morgan fingerprint density at radius 1 is 1.30 bits per heavy atom. The summed E-state index contributed by atoms with van der Waals surface area (Å²) < 4.78 is 6.30. The van der Waals surface area contributed by atoms with Crippen LogP contribution in [0.1, 0.15) is 50.2 Å². The molecular formula is C18H25NO. The molecule has 2 heteroatoms. The van der Waals surface area contributed by atoms with Crippen LogP contribution in [0.2, 0.25) is 0 Å². The average Bonchev–Trinajstić information content (AvgIpc) is 2.48. The zero-order valence-corrected chi connectivity index (χ0v) is 12.6. The molecule has 0 spiro atoms. The molecule has 1 aliphatic rings. The molecule has 0 radical (unpaired) electrons. The summed E-state index contributed by atoms with van der Waals surface area (Å²) in [5.74, 6) is 7.67. The number of rotatable bonds is 3. The van der Waals surface area contributed by atoms with Crippen molar-refractivity contribution >= 4 is 0 Å². The molecule has 2 N–H and O–H groups in total. The van der Waals surface area contributed by atoms with Crippen molar-refractivity contribution in [2.75, 3.05) is 6.54 Å². The zero-order valence-electron chi connectivity index (χ0n) is 12.6. The van der Waals surface area contributed by atoms with E-state index in [0.717, 1.165) is 17.7 Å². The summed E-state index contributed by atoms with van der Waals surface area (Å²) in [7, 11) is 0. The van der Waals surface area contributed by atoms with Crippen LogP contribution in [0.4, 0.5) is 0 Å². The van der Waals surface area contributed by atoms with Crippen molar-refractivity contribution in [3.63, 3.8) is 0 Å². The summed E-state index contributed by atoms with van der Waals surface area (Å²) in [6, 6.07) is 6.23. The summed E-state index contributed by atoms with van der Waals surface area (Å²) in [5, 5.41) is 0. The van der Waals surface area contributed by atoms with Gasteiger partial charge in [-0.2, -0.15) is 0 Å². The highest BCUT2D eigenvalue weighted by Gasteiger charge is 2.25. The van der Waals surface area contributed by atoms with Gasteiger partial charge < -0.3 is 10.5 Å². The third-order valence-corrected chi connectivity index (χ3v) is 4.10. The molecule has 0 aliphatic heterocycles. The molecule has 0 amide bonds. The lowest BCUT2D eigenvalue weighted by molar-refractivity contribution is 0.0901. The Kier molecular flexibility index (Phi) is 5.49. The summed E-state index contributed by atoms with van der Waals surface area (Å²) in [6.45, 7) is 4.72. The van der Waals surface area contributed by atoms with Crippen molar-refractivity contribution < 1.29 is 4.74 Å². The van der Waals surface area contributed by atoms with Gasteiger partial charge in [0.25, 0.3) is 0 Å². The highest BCUT2D eigenvalue weighted by atomic mass is 16.5. The highest BCUT2D eigenvalue weighted by molar-refractivity contribution is 5.48. The van der Waals surface area contributed by atoms with Gasteiger partial charge in [0, 0.05) is 0 Å². The largest absolute Gasteiger partial charge is 0.489 e. The summed E-state index contributed by atoms with van der Waals surface area (Å²) >= 11 is 0. The van der Waals surface area contributed by atoms with E-state index in [2.05, 4.69) is 43.9 Å². The van der Waals surface area contributed by atoms with Gasteiger partial charge in [-0.05, 0) is 56.2 Å². The zero-order chi connectivity index (χ0) is 14.4. The van der Waals surface area contributed by atoms with E-state index < -0.39 is 0 Å². The van der Waals surface area contributed by atoms with Crippen molar-refractivity contribution in [1.82, 2.24) is 0 Å². The molecule has 1 saturated carbocycles. The van der Waals surface area contributed by atoms with Crippen LogP contribution in [0.5, 0.6) is 5.75 Å². The molecule has 0 aromatic heterocycles. The van der Waals surface area contributed by atoms with Crippen molar-refractivity contribution in [2.45, 2.75) is 52.1 Å². The number of hydrogen-bond donors (Lipinski definition) is 1. The Hall–Kier alpha value is -1.46. The van der Waals surface area contributed by atoms with Gasteiger partial charge in [0.2, 0.25) is 0 Å².